The van der Waals surface area contributed by atoms with E-state index in [1.54, 1.807) is 12.1 Å². The summed E-state index contributed by atoms with van der Waals surface area (Å²) < 4.78 is 0. The molecule has 1 aliphatic heterocycles. The summed E-state index contributed by atoms with van der Waals surface area (Å²) in [6.07, 6.45) is 5.17. The fourth-order valence-electron chi connectivity index (χ4n) is 4.64. The normalized spacial score (nSPS) is 31.4. The highest BCUT2D eigenvalue weighted by Crippen LogP contribution is 2.53. The average molecular weight is 304 g/mol. The molecule has 5 rings (SSSR count). The lowest BCUT2D eigenvalue weighted by molar-refractivity contribution is -0.123. The van der Waals surface area contributed by atoms with Crippen molar-refractivity contribution in [3.63, 3.8) is 0 Å². The Morgan fingerprint density at radius 2 is 1.48 bits per heavy atom. The summed E-state index contributed by atoms with van der Waals surface area (Å²) in [5.74, 6) is 0.0131. The molecule has 1 unspecified atom stereocenters. The van der Waals surface area contributed by atoms with Gasteiger partial charge in [0.2, 0.25) is 11.8 Å². The molecule has 2 bridgehead atoms. The molecule has 1 saturated heterocycles. The first-order valence-corrected chi connectivity index (χ1v) is 8.00. The van der Waals surface area contributed by atoms with Gasteiger partial charge in [-0.25, -0.2) is 4.90 Å². The third-order valence-corrected chi connectivity index (χ3v) is 5.65. The molecule has 114 valence electrons. The van der Waals surface area contributed by atoms with E-state index < -0.39 is 0 Å². The van der Waals surface area contributed by atoms with Crippen LogP contribution in [0.3, 0.4) is 0 Å². The topological polar surface area (TPSA) is 63.4 Å². The summed E-state index contributed by atoms with van der Waals surface area (Å²) in [5.41, 5.74) is 7.36. The van der Waals surface area contributed by atoms with Gasteiger partial charge in [0.05, 0.1) is 17.5 Å². The highest BCUT2D eigenvalue weighted by atomic mass is 16.2. The second-order valence-electron chi connectivity index (χ2n) is 6.73. The van der Waals surface area contributed by atoms with Crippen LogP contribution in [-0.4, -0.2) is 11.8 Å². The number of nitrogen functional groups attached to an aromatic ring is 1. The molecule has 1 heterocycles. The second-order valence-corrected chi connectivity index (χ2v) is 6.73. The lowest BCUT2D eigenvalue weighted by Gasteiger charge is -2.20. The Bertz CT molecular complexity index is 871. The zero-order valence-corrected chi connectivity index (χ0v) is 12.5. The number of fused-ring (bicyclic) bond motifs is 6. The van der Waals surface area contributed by atoms with E-state index in [-0.39, 0.29) is 35.5 Å². The van der Waals surface area contributed by atoms with Crippen LogP contribution in [0.4, 0.5) is 11.4 Å². The zero-order valence-electron chi connectivity index (χ0n) is 12.5. The van der Waals surface area contributed by atoms with Crippen LogP contribution in [0.5, 0.6) is 0 Å². The predicted molar refractivity (Wildman–Crippen MR) is 88.6 cm³/mol. The van der Waals surface area contributed by atoms with E-state index in [1.165, 1.54) is 4.90 Å². The molecule has 2 N–H and O–H groups in total. The average Bonchev–Trinajstić information content (AvgIpc) is 3.24. The van der Waals surface area contributed by atoms with Gasteiger partial charge in [-0.1, -0.05) is 36.4 Å². The number of hydrogen-bond acceptors (Lipinski definition) is 3. The van der Waals surface area contributed by atoms with Crippen molar-refractivity contribution in [1.82, 2.24) is 0 Å². The number of amides is 2. The molecule has 4 atom stereocenters. The van der Waals surface area contributed by atoms with Gasteiger partial charge in [-0.2, -0.15) is 0 Å². The highest BCUT2D eigenvalue weighted by molar-refractivity contribution is 6.26. The number of imide groups is 1. The molecule has 0 spiro atoms. The summed E-state index contributed by atoms with van der Waals surface area (Å²) in [6, 6.07) is 11.2. The molecular formula is C19H16N2O2. The molecule has 2 aromatic rings. The molecule has 0 aromatic heterocycles. The maximum Gasteiger partial charge on any atom is 0.238 e. The smallest absolute Gasteiger partial charge is 0.238 e. The number of nitrogens with two attached hydrogens (primary N) is 1. The van der Waals surface area contributed by atoms with Crippen LogP contribution in [0.15, 0.2) is 48.6 Å². The number of carbonyl (C=O) groups excluding carboxylic acids is 2. The standard InChI is InChI=1S/C19H16N2O2/c20-14-7-8-15(13-4-2-1-3-12(13)14)21-18(22)16-10-5-6-11(9-10)17(16)19(21)23/h1-8,10-11,16-17H,9,20H2/t10-,11+,16-,17?/m0/s1. The first-order valence-electron chi connectivity index (χ1n) is 8.00. The Morgan fingerprint density at radius 3 is 2.13 bits per heavy atom. The van der Waals surface area contributed by atoms with E-state index in [0.29, 0.717) is 11.4 Å². The van der Waals surface area contributed by atoms with E-state index >= 15 is 0 Å². The first kappa shape index (κ1) is 12.9. The van der Waals surface area contributed by atoms with Crippen molar-refractivity contribution in [2.75, 3.05) is 10.6 Å². The second kappa shape index (κ2) is 4.22. The summed E-state index contributed by atoms with van der Waals surface area (Å²) in [4.78, 5) is 27.3. The fraction of sp³-hybridized carbons (Fsp3) is 0.263. The van der Waals surface area contributed by atoms with E-state index in [9.17, 15) is 9.59 Å². The van der Waals surface area contributed by atoms with Crippen molar-refractivity contribution >= 4 is 34.0 Å². The predicted octanol–water partition coefficient (Wildman–Crippen LogP) is 2.73. The Hall–Kier alpha value is -2.62. The number of allylic oxidation sites excluding steroid dienone is 2. The molecule has 2 aliphatic carbocycles. The number of benzene rings is 2. The maximum absolute atomic E-state index is 13.0. The van der Waals surface area contributed by atoms with Gasteiger partial charge in [-0.05, 0) is 30.4 Å². The van der Waals surface area contributed by atoms with Crippen LogP contribution in [0, 0.1) is 23.7 Å². The van der Waals surface area contributed by atoms with Crippen LogP contribution < -0.4 is 10.6 Å². The largest absolute Gasteiger partial charge is 0.398 e. The van der Waals surface area contributed by atoms with Crippen molar-refractivity contribution in [2.24, 2.45) is 23.7 Å². The van der Waals surface area contributed by atoms with Crippen LogP contribution in [0.1, 0.15) is 6.42 Å². The molecule has 4 nitrogen and oxygen atoms in total. The van der Waals surface area contributed by atoms with Crippen molar-refractivity contribution < 1.29 is 9.59 Å². The number of carbonyl (C=O) groups is 2. The van der Waals surface area contributed by atoms with Gasteiger partial charge in [0.1, 0.15) is 0 Å². The third-order valence-electron chi connectivity index (χ3n) is 5.65. The molecule has 2 aromatic carbocycles. The van der Waals surface area contributed by atoms with Crippen molar-refractivity contribution in [3.8, 4) is 0 Å². The van der Waals surface area contributed by atoms with Gasteiger partial charge >= 0.3 is 0 Å². The molecule has 4 heteroatoms. The van der Waals surface area contributed by atoms with Crippen molar-refractivity contribution in [3.05, 3.63) is 48.6 Å². The fourth-order valence-corrected chi connectivity index (χ4v) is 4.64. The minimum atomic E-state index is -0.172. The van der Waals surface area contributed by atoms with E-state index in [4.69, 9.17) is 5.73 Å². The Balaban J connectivity index is 1.68. The van der Waals surface area contributed by atoms with Crippen LogP contribution in [0.2, 0.25) is 0 Å². The van der Waals surface area contributed by atoms with E-state index in [0.717, 1.165) is 17.2 Å². The maximum atomic E-state index is 13.0. The molecule has 2 amide bonds. The van der Waals surface area contributed by atoms with Crippen molar-refractivity contribution in [2.45, 2.75) is 6.42 Å². The van der Waals surface area contributed by atoms with Crippen LogP contribution in [0.25, 0.3) is 10.8 Å². The zero-order chi connectivity index (χ0) is 15.7. The minimum absolute atomic E-state index is 0.0493. The van der Waals surface area contributed by atoms with Gasteiger partial charge in [-0.3, -0.25) is 9.59 Å². The molecule has 3 aliphatic rings. The molecular weight excluding hydrogens is 288 g/mol. The summed E-state index contributed by atoms with van der Waals surface area (Å²) in [6.45, 7) is 0. The first-order chi connectivity index (χ1) is 11.2. The van der Waals surface area contributed by atoms with Gasteiger partial charge in [0.15, 0.2) is 0 Å². The highest BCUT2D eigenvalue weighted by Gasteiger charge is 2.59. The summed E-state index contributed by atoms with van der Waals surface area (Å²) in [5, 5.41) is 1.73. The molecule has 1 saturated carbocycles. The Labute approximate surface area is 133 Å². The van der Waals surface area contributed by atoms with Gasteiger partial charge in [-0.15, -0.1) is 0 Å². The molecule has 0 radical (unpaired) electrons. The Morgan fingerprint density at radius 1 is 0.870 bits per heavy atom. The number of hydrogen-bond donors (Lipinski definition) is 1. The summed E-state index contributed by atoms with van der Waals surface area (Å²) in [7, 11) is 0. The van der Waals surface area contributed by atoms with Crippen LogP contribution in [-0.2, 0) is 9.59 Å². The quantitative estimate of drug-likeness (QED) is 0.500. The number of rotatable bonds is 1. The SMILES string of the molecule is Nc1ccc(N2C(=O)C3[C@@H]4C=C[C@@H](C4)[C@@H]3C2=O)c2ccccc12. The van der Waals surface area contributed by atoms with E-state index in [2.05, 4.69) is 12.2 Å². The third kappa shape index (κ3) is 1.50. The number of anilines is 2. The lowest BCUT2D eigenvalue weighted by atomic mass is 9.85. The lowest BCUT2D eigenvalue weighted by Crippen LogP contribution is -2.33. The van der Waals surface area contributed by atoms with E-state index in [1.807, 2.05) is 24.3 Å². The number of nitrogens with zero attached hydrogens (tertiary/aromatic N) is 1. The van der Waals surface area contributed by atoms with Crippen molar-refractivity contribution in [1.29, 1.82) is 0 Å². The van der Waals surface area contributed by atoms with Crippen LogP contribution >= 0.6 is 0 Å². The molecule has 23 heavy (non-hydrogen) atoms. The Kier molecular flexibility index (Phi) is 2.36. The molecule has 2 fully saturated rings. The van der Waals surface area contributed by atoms with Gasteiger partial charge in [0.25, 0.3) is 0 Å². The minimum Gasteiger partial charge on any atom is -0.398 e. The van der Waals surface area contributed by atoms with Gasteiger partial charge < -0.3 is 5.73 Å². The van der Waals surface area contributed by atoms with Gasteiger partial charge in [0, 0.05) is 16.5 Å². The summed E-state index contributed by atoms with van der Waals surface area (Å²) >= 11 is 0. The monoisotopic (exact) mass is 304 g/mol.